The van der Waals surface area contributed by atoms with Crippen LogP contribution in [0.15, 0.2) is 12.4 Å². The van der Waals surface area contributed by atoms with Gasteiger partial charge in [-0.1, -0.05) is 0 Å². The maximum atomic E-state index is 5.52. The van der Waals surface area contributed by atoms with E-state index in [-0.39, 0.29) is 0 Å². The fourth-order valence-electron chi connectivity index (χ4n) is 2.11. The highest BCUT2D eigenvalue weighted by Gasteiger charge is 2.18. The summed E-state index contributed by atoms with van der Waals surface area (Å²) in [6.45, 7) is 9.86. The third-order valence-corrected chi connectivity index (χ3v) is 3.25. The number of nitrogens with zero attached hydrogens (tertiary/aromatic N) is 4. The summed E-state index contributed by atoms with van der Waals surface area (Å²) in [6.07, 6.45) is 3.39. The maximum absolute atomic E-state index is 5.52. The molecule has 5 heteroatoms. The van der Waals surface area contributed by atoms with Crippen LogP contribution in [0.3, 0.4) is 0 Å². The van der Waals surface area contributed by atoms with Crippen molar-refractivity contribution in [2.24, 2.45) is 0 Å². The van der Waals surface area contributed by atoms with E-state index >= 15 is 0 Å². The van der Waals surface area contributed by atoms with Gasteiger partial charge in [0.05, 0.1) is 18.1 Å². The first-order valence-corrected chi connectivity index (χ1v) is 6.18. The molecule has 0 unspecified atom stereocenters. The molecule has 5 nitrogen and oxygen atoms in total. The summed E-state index contributed by atoms with van der Waals surface area (Å²) in [6, 6.07) is 0.647. The van der Waals surface area contributed by atoms with Crippen LogP contribution in [0.2, 0.25) is 0 Å². The van der Waals surface area contributed by atoms with Crippen molar-refractivity contribution in [1.29, 1.82) is 0 Å². The topological polar surface area (TPSA) is 58.3 Å². The molecule has 1 aliphatic rings. The zero-order valence-corrected chi connectivity index (χ0v) is 10.6. The van der Waals surface area contributed by atoms with Gasteiger partial charge in [-0.05, 0) is 13.8 Å². The van der Waals surface area contributed by atoms with Crippen molar-refractivity contribution >= 4 is 5.82 Å². The lowest BCUT2D eigenvalue weighted by Gasteiger charge is -2.36. The average Bonchev–Trinajstić information content (AvgIpc) is 2.33. The van der Waals surface area contributed by atoms with Crippen LogP contribution in [0.5, 0.6) is 0 Å². The Balaban J connectivity index is 1.84. The van der Waals surface area contributed by atoms with E-state index in [1.807, 2.05) is 0 Å². The van der Waals surface area contributed by atoms with Crippen molar-refractivity contribution in [2.45, 2.75) is 26.4 Å². The van der Waals surface area contributed by atoms with Crippen LogP contribution in [0, 0.1) is 0 Å². The second kappa shape index (κ2) is 5.42. The number of rotatable bonds is 3. The van der Waals surface area contributed by atoms with Gasteiger partial charge in [-0.3, -0.25) is 14.8 Å². The lowest BCUT2D eigenvalue weighted by atomic mass is 10.2. The molecule has 0 saturated carbocycles. The molecule has 1 aromatic rings. The Hall–Kier alpha value is -1.20. The monoisotopic (exact) mass is 235 g/mol. The number of nitrogen functional groups attached to an aromatic ring is 1. The summed E-state index contributed by atoms with van der Waals surface area (Å²) in [7, 11) is 0. The summed E-state index contributed by atoms with van der Waals surface area (Å²) in [5.74, 6) is 0.485. The van der Waals surface area contributed by atoms with E-state index in [1.54, 1.807) is 12.4 Å². The molecule has 2 N–H and O–H groups in total. The Morgan fingerprint density at radius 2 is 1.88 bits per heavy atom. The predicted molar refractivity (Wildman–Crippen MR) is 68.4 cm³/mol. The number of anilines is 1. The summed E-state index contributed by atoms with van der Waals surface area (Å²) in [5, 5.41) is 0. The molecule has 0 atom stereocenters. The van der Waals surface area contributed by atoms with Crippen LogP contribution in [0.4, 0.5) is 5.82 Å². The molecule has 1 saturated heterocycles. The minimum Gasteiger partial charge on any atom is -0.382 e. The van der Waals surface area contributed by atoms with E-state index in [0.717, 1.165) is 38.4 Å². The van der Waals surface area contributed by atoms with Gasteiger partial charge in [0.1, 0.15) is 5.82 Å². The molecule has 0 bridgehead atoms. The SMILES string of the molecule is CC(C)N1CCN(Cc2cnc(N)cn2)CC1. The average molecular weight is 235 g/mol. The molecular formula is C12H21N5. The first-order chi connectivity index (χ1) is 8.15. The normalized spacial score (nSPS) is 18.8. The van der Waals surface area contributed by atoms with Crippen LogP contribution in [0.25, 0.3) is 0 Å². The molecule has 2 rings (SSSR count). The van der Waals surface area contributed by atoms with Gasteiger partial charge in [0.2, 0.25) is 0 Å². The lowest BCUT2D eigenvalue weighted by molar-refractivity contribution is 0.103. The van der Waals surface area contributed by atoms with Gasteiger partial charge >= 0.3 is 0 Å². The smallest absolute Gasteiger partial charge is 0.141 e. The second-order valence-electron chi connectivity index (χ2n) is 4.84. The number of hydrogen-bond donors (Lipinski definition) is 1. The number of hydrogen-bond acceptors (Lipinski definition) is 5. The van der Waals surface area contributed by atoms with Gasteiger partial charge in [0.25, 0.3) is 0 Å². The van der Waals surface area contributed by atoms with Crippen molar-refractivity contribution in [1.82, 2.24) is 19.8 Å². The molecule has 0 radical (unpaired) electrons. The summed E-state index contributed by atoms with van der Waals surface area (Å²) >= 11 is 0. The Labute approximate surface area is 103 Å². The van der Waals surface area contributed by atoms with Crippen LogP contribution in [-0.4, -0.2) is 52.0 Å². The van der Waals surface area contributed by atoms with E-state index in [9.17, 15) is 0 Å². The zero-order valence-electron chi connectivity index (χ0n) is 10.6. The molecule has 1 aliphatic heterocycles. The second-order valence-corrected chi connectivity index (χ2v) is 4.84. The fraction of sp³-hybridized carbons (Fsp3) is 0.667. The van der Waals surface area contributed by atoms with Crippen LogP contribution in [0.1, 0.15) is 19.5 Å². The summed E-state index contributed by atoms with van der Waals surface area (Å²) in [4.78, 5) is 13.3. The van der Waals surface area contributed by atoms with Crippen molar-refractivity contribution < 1.29 is 0 Å². The van der Waals surface area contributed by atoms with Gasteiger partial charge < -0.3 is 5.73 Å². The molecule has 0 aromatic carbocycles. The zero-order chi connectivity index (χ0) is 12.3. The minimum atomic E-state index is 0.485. The standard InChI is InChI=1S/C12H21N5/c1-10(2)17-5-3-16(4-6-17)9-11-7-15-12(13)8-14-11/h7-8,10H,3-6,9H2,1-2H3,(H2,13,15). The largest absolute Gasteiger partial charge is 0.382 e. The fourth-order valence-corrected chi connectivity index (χ4v) is 2.11. The van der Waals surface area contributed by atoms with Crippen LogP contribution < -0.4 is 5.73 Å². The first kappa shape index (κ1) is 12.3. The highest BCUT2D eigenvalue weighted by Crippen LogP contribution is 2.08. The van der Waals surface area contributed by atoms with Crippen molar-refractivity contribution in [3.63, 3.8) is 0 Å². The quantitative estimate of drug-likeness (QED) is 0.830. The van der Waals surface area contributed by atoms with Gasteiger partial charge in [-0.2, -0.15) is 0 Å². The van der Waals surface area contributed by atoms with Gasteiger partial charge in [0.15, 0.2) is 0 Å². The molecule has 0 spiro atoms. The van der Waals surface area contributed by atoms with E-state index < -0.39 is 0 Å². The summed E-state index contributed by atoms with van der Waals surface area (Å²) in [5.41, 5.74) is 6.51. The van der Waals surface area contributed by atoms with E-state index in [2.05, 4.69) is 33.6 Å². The molecule has 1 aromatic heterocycles. The molecule has 0 aliphatic carbocycles. The number of piperazine rings is 1. The minimum absolute atomic E-state index is 0.485. The van der Waals surface area contributed by atoms with Gasteiger partial charge in [-0.25, -0.2) is 4.98 Å². The summed E-state index contributed by atoms with van der Waals surface area (Å²) < 4.78 is 0. The molecule has 0 amide bonds. The molecular weight excluding hydrogens is 214 g/mol. The Kier molecular flexibility index (Phi) is 3.91. The third-order valence-electron chi connectivity index (χ3n) is 3.25. The number of aromatic nitrogens is 2. The molecule has 17 heavy (non-hydrogen) atoms. The van der Waals surface area contributed by atoms with Crippen molar-refractivity contribution in [3.8, 4) is 0 Å². The Morgan fingerprint density at radius 1 is 1.18 bits per heavy atom. The predicted octanol–water partition coefficient (Wildman–Crippen LogP) is 0.585. The third kappa shape index (κ3) is 3.38. The number of nitrogens with two attached hydrogens (primary N) is 1. The van der Waals surface area contributed by atoms with Crippen molar-refractivity contribution in [3.05, 3.63) is 18.1 Å². The van der Waals surface area contributed by atoms with Gasteiger partial charge in [-0.15, -0.1) is 0 Å². The van der Waals surface area contributed by atoms with E-state index in [4.69, 9.17) is 5.73 Å². The van der Waals surface area contributed by atoms with Crippen molar-refractivity contribution in [2.75, 3.05) is 31.9 Å². The van der Waals surface area contributed by atoms with E-state index in [0.29, 0.717) is 11.9 Å². The van der Waals surface area contributed by atoms with E-state index in [1.165, 1.54) is 0 Å². The molecule has 1 fully saturated rings. The molecule has 94 valence electrons. The van der Waals surface area contributed by atoms with Gasteiger partial charge in [0, 0.05) is 38.8 Å². The Morgan fingerprint density at radius 3 is 2.41 bits per heavy atom. The highest BCUT2D eigenvalue weighted by atomic mass is 15.3. The first-order valence-electron chi connectivity index (χ1n) is 6.18. The maximum Gasteiger partial charge on any atom is 0.141 e. The Bertz CT molecular complexity index is 340. The van der Waals surface area contributed by atoms with Crippen LogP contribution >= 0.6 is 0 Å². The lowest BCUT2D eigenvalue weighted by Crippen LogP contribution is -2.48. The van der Waals surface area contributed by atoms with Crippen LogP contribution in [-0.2, 0) is 6.54 Å². The highest BCUT2D eigenvalue weighted by molar-refractivity contribution is 5.22. The molecule has 2 heterocycles.